The lowest BCUT2D eigenvalue weighted by Gasteiger charge is -2.20. The number of nitrogens with one attached hydrogen (secondary N) is 1. The molecule has 3 rings (SSSR count). The van der Waals surface area contributed by atoms with Crippen LogP contribution in [0.25, 0.3) is 0 Å². The van der Waals surface area contributed by atoms with Crippen molar-refractivity contribution < 1.29 is 13.3 Å². The Bertz CT molecular complexity index is 1200. The summed E-state index contributed by atoms with van der Waals surface area (Å²) in [4.78, 5) is 10.5. The second-order valence-electron chi connectivity index (χ2n) is 7.64. The SMILES string of the molecule is CCN(CC)S(=O)(=O)c1cc([N+](=O)[O-])ccc1NN=C(Cc1ccccc1)Cc1ccccc1. The number of hydrazone groups is 1. The summed E-state index contributed by atoms with van der Waals surface area (Å²) in [5.41, 5.74) is 5.71. The maximum atomic E-state index is 13.2. The van der Waals surface area contributed by atoms with Crippen molar-refractivity contribution in [1.29, 1.82) is 0 Å². The number of sulfonamides is 1. The minimum Gasteiger partial charge on any atom is -0.277 e. The summed E-state index contributed by atoms with van der Waals surface area (Å²) in [6.07, 6.45) is 1.13. The summed E-state index contributed by atoms with van der Waals surface area (Å²) in [6.45, 7) is 3.94. The quantitative estimate of drug-likeness (QED) is 0.239. The molecule has 8 nitrogen and oxygen atoms in total. The van der Waals surface area contributed by atoms with E-state index in [-0.39, 0.29) is 29.4 Å². The van der Waals surface area contributed by atoms with Crippen LogP contribution in [0.1, 0.15) is 25.0 Å². The van der Waals surface area contributed by atoms with Gasteiger partial charge in [-0.3, -0.25) is 15.5 Å². The van der Waals surface area contributed by atoms with Crippen molar-refractivity contribution >= 4 is 27.1 Å². The van der Waals surface area contributed by atoms with Gasteiger partial charge in [-0.1, -0.05) is 74.5 Å². The second kappa shape index (κ2) is 11.5. The highest BCUT2D eigenvalue weighted by molar-refractivity contribution is 7.89. The van der Waals surface area contributed by atoms with Gasteiger partial charge in [0.15, 0.2) is 0 Å². The molecule has 0 saturated heterocycles. The monoisotopic (exact) mass is 480 g/mol. The van der Waals surface area contributed by atoms with Crippen LogP contribution in [0.3, 0.4) is 0 Å². The van der Waals surface area contributed by atoms with Crippen molar-refractivity contribution in [3.63, 3.8) is 0 Å². The van der Waals surface area contributed by atoms with Gasteiger partial charge in [0, 0.05) is 43.8 Å². The number of hydrogen-bond acceptors (Lipinski definition) is 6. The van der Waals surface area contributed by atoms with Crippen molar-refractivity contribution in [2.75, 3.05) is 18.5 Å². The molecule has 9 heteroatoms. The van der Waals surface area contributed by atoms with Crippen LogP contribution in [0.4, 0.5) is 11.4 Å². The molecular weight excluding hydrogens is 452 g/mol. The van der Waals surface area contributed by atoms with Gasteiger partial charge >= 0.3 is 0 Å². The molecule has 0 amide bonds. The summed E-state index contributed by atoms with van der Waals surface area (Å²) in [7, 11) is -3.96. The van der Waals surface area contributed by atoms with Gasteiger partial charge in [-0.2, -0.15) is 9.41 Å². The zero-order chi connectivity index (χ0) is 24.6. The normalized spacial score (nSPS) is 11.3. The van der Waals surface area contributed by atoms with Crippen LogP contribution in [0.5, 0.6) is 0 Å². The summed E-state index contributed by atoms with van der Waals surface area (Å²) < 4.78 is 27.7. The Hall–Kier alpha value is -3.56. The lowest BCUT2D eigenvalue weighted by Crippen LogP contribution is -2.31. The third-order valence-electron chi connectivity index (χ3n) is 5.34. The number of benzene rings is 3. The average Bonchev–Trinajstić information content (AvgIpc) is 2.84. The molecule has 0 aliphatic heterocycles. The third-order valence-corrected chi connectivity index (χ3v) is 7.43. The minimum absolute atomic E-state index is 0.173. The zero-order valence-electron chi connectivity index (χ0n) is 19.2. The number of nitro groups is 1. The van der Waals surface area contributed by atoms with E-state index in [1.165, 1.54) is 16.4 Å². The molecule has 0 heterocycles. The summed E-state index contributed by atoms with van der Waals surface area (Å²) >= 11 is 0. The maximum Gasteiger partial charge on any atom is 0.270 e. The predicted molar refractivity (Wildman–Crippen MR) is 135 cm³/mol. The molecule has 0 saturated carbocycles. The van der Waals surface area contributed by atoms with E-state index in [2.05, 4.69) is 10.5 Å². The van der Waals surface area contributed by atoms with Crippen LogP contribution in [0.2, 0.25) is 0 Å². The second-order valence-corrected chi connectivity index (χ2v) is 9.55. The molecule has 0 spiro atoms. The van der Waals surface area contributed by atoms with E-state index in [0.717, 1.165) is 22.9 Å². The average molecular weight is 481 g/mol. The highest BCUT2D eigenvalue weighted by atomic mass is 32.2. The minimum atomic E-state index is -3.96. The molecule has 34 heavy (non-hydrogen) atoms. The van der Waals surface area contributed by atoms with Crippen LogP contribution >= 0.6 is 0 Å². The van der Waals surface area contributed by atoms with E-state index in [9.17, 15) is 18.5 Å². The number of nitrogens with zero attached hydrogens (tertiary/aromatic N) is 3. The van der Waals surface area contributed by atoms with Crippen molar-refractivity contribution in [3.8, 4) is 0 Å². The molecule has 178 valence electrons. The van der Waals surface area contributed by atoms with Gasteiger partial charge in [0.2, 0.25) is 10.0 Å². The molecule has 0 aromatic heterocycles. The molecule has 3 aromatic carbocycles. The zero-order valence-corrected chi connectivity index (χ0v) is 20.0. The van der Waals surface area contributed by atoms with Gasteiger partial charge in [-0.25, -0.2) is 8.42 Å². The molecule has 0 atom stereocenters. The van der Waals surface area contributed by atoms with E-state index in [1.807, 2.05) is 60.7 Å². The van der Waals surface area contributed by atoms with Gasteiger partial charge in [-0.15, -0.1) is 0 Å². The smallest absolute Gasteiger partial charge is 0.270 e. The summed E-state index contributed by atoms with van der Waals surface area (Å²) in [5, 5.41) is 15.9. The lowest BCUT2D eigenvalue weighted by atomic mass is 10.0. The first-order valence-electron chi connectivity index (χ1n) is 11.0. The molecule has 0 radical (unpaired) electrons. The van der Waals surface area contributed by atoms with E-state index >= 15 is 0 Å². The van der Waals surface area contributed by atoms with E-state index in [0.29, 0.717) is 12.8 Å². The van der Waals surface area contributed by atoms with E-state index in [1.54, 1.807) is 13.8 Å². The van der Waals surface area contributed by atoms with Gasteiger partial charge < -0.3 is 0 Å². The lowest BCUT2D eigenvalue weighted by molar-refractivity contribution is -0.385. The number of non-ortho nitro benzene ring substituents is 1. The standard InChI is InChI=1S/C25H28N4O4S/c1-3-28(4-2)34(32,33)25-19-23(29(30)31)15-16-24(25)27-26-22(17-20-11-7-5-8-12-20)18-21-13-9-6-10-14-21/h5-16,19,27H,3-4,17-18H2,1-2H3. The number of anilines is 1. The molecule has 0 fully saturated rings. The Morgan fingerprint density at radius 2 is 1.44 bits per heavy atom. The fourth-order valence-electron chi connectivity index (χ4n) is 3.58. The first-order chi connectivity index (χ1) is 16.3. The number of hydrogen-bond donors (Lipinski definition) is 1. The number of nitro benzene ring substituents is 1. The molecular formula is C25H28N4O4S. The largest absolute Gasteiger partial charge is 0.277 e. The summed E-state index contributed by atoms with van der Waals surface area (Å²) in [5.74, 6) is 0. The van der Waals surface area contributed by atoms with Crippen molar-refractivity contribution in [2.24, 2.45) is 5.10 Å². The van der Waals surface area contributed by atoms with Crippen LogP contribution < -0.4 is 5.43 Å². The Kier molecular flexibility index (Phi) is 8.50. The van der Waals surface area contributed by atoms with Crippen LogP contribution in [0.15, 0.2) is 88.9 Å². The fraction of sp³-hybridized carbons (Fsp3) is 0.240. The molecule has 0 unspecified atom stereocenters. The third kappa shape index (κ3) is 6.27. The molecule has 3 aromatic rings. The van der Waals surface area contributed by atoms with Gasteiger partial charge in [-0.05, 0) is 17.2 Å². The fourth-order valence-corrected chi connectivity index (χ4v) is 5.20. The van der Waals surface area contributed by atoms with Crippen molar-refractivity contribution in [2.45, 2.75) is 31.6 Å². The highest BCUT2D eigenvalue weighted by Crippen LogP contribution is 2.29. The van der Waals surface area contributed by atoms with Crippen LogP contribution in [0, 0.1) is 10.1 Å². The molecule has 0 aliphatic rings. The molecule has 0 aliphatic carbocycles. The Balaban J connectivity index is 2.01. The van der Waals surface area contributed by atoms with Crippen LogP contribution in [-0.4, -0.2) is 36.4 Å². The van der Waals surface area contributed by atoms with Gasteiger partial charge in [0.05, 0.1) is 10.6 Å². The first kappa shape index (κ1) is 25.1. The van der Waals surface area contributed by atoms with E-state index in [4.69, 9.17) is 0 Å². The highest BCUT2D eigenvalue weighted by Gasteiger charge is 2.27. The Morgan fingerprint density at radius 1 is 0.912 bits per heavy atom. The molecule has 0 bridgehead atoms. The van der Waals surface area contributed by atoms with Gasteiger partial charge in [0.25, 0.3) is 5.69 Å². The Morgan fingerprint density at radius 3 is 1.91 bits per heavy atom. The Labute approximate surface area is 200 Å². The van der Waals surface area contributed by atoms with Gasteiger partial charge in [0.1, 0.15) is 4.90 Å². The van der Waals surface area contributed by atoms with Crippen molar-refractivity contribution in [1.82, 2.24) is 4.31 Å². The first-order valence-corrected chi connectivity index (χ1v) is 12.5. The molecule has 1 N–H and O–H groups in total. The number of rotatable bonds is 11. The van der Waals surface area contributed by atoms with Crippen molar-refractivity contribution in [3.05, 3.63) is 100 Å². The predicted octanol–water partition coefficient (Wildman–Crippen LogP) is 4.88. The van der Waals surface area contributed by atoms with Crippen LogP contribution in [-0.2, 0) is 22.9 Å². The summed E-state index contributed by atoms with van der Waals surface area (Å²) in [6, 6.07) is 23.4. The topological polar surface area (TPSA) is 105 Å². The van der Waals surface area contributed by atoms with E-state index < -0.39 is 14.9 Å². The maximum absolute atomic E-state index is 13.2.